The van der Waals surface area contributed by atoms with E-state index in [9.17, 15) is 5.11 Å². The van der Waals surface area contributed by atoms with Crippen molar-refractivity contribution >= 4 is 0 Å². The zero-order chi connectivity index (χ0) is 11.5. The van der Waals surface area contributed by atoms with Crippen LogP contribution in [0.25, 0.3) is 0 Å². The molecule has 0 radical (unpaired) electrons. The van der Waals surface area contributed by atoms with Crippen LogP contribution in [-0.4, -0.2) is 15.1 Å². The van der Waals surface area contributed by atoms with Gasteiger partial charge in [0.1, 0.15) is 0 Å². The molecule has 4 nitrogen and oxygen atoms in total. The Hall–Kier alpha value is -2.10. The lowest BCUT2D eigenvalue weighted by molar-refractivity contribution is 0.395. The molecule has 82 valence electrons. The molecule has 4 heteroatoms. The fourth-order valence-corrected chi connectivity index (χ4v) is 1.35. The van der Waals surface area contributed by atoms with Crippen molar-refractivity contribution < 1.29 is 9.84 Å². The number of rotatable bonds is 2. The van der Waals surface area contributed by atoms with E-state index in [0.717, 1.165) is 11.4 Å². The van der Waals surface area contributed by atoms with E-state index in [-0.39, 0.29) is 11.6 Å². The molecule has 0 spiro atoms. The van der Waals surface area contributed by atoms with Gasteiger partial charge in [0.15, 0.2) is 11.5 Å². The average Bonchev–Trinajstić information content (AvgIpc) is 2.25. The Bertz CT molecular complexity index is 512. The highest BCUT2D eigenvalue weighted by atomic mass is 16.5. The quantitative estimate of drug-likeness (QED) is 0.838. The van der Waals surface area contributed by atoms with E-state index >= 15 is 0 Å². The molecular weight excluding hydrogens is 204 g/mol. The lowest BCUT2D eigenvalue weighted by Crippen LogP contribution is -1.93. The smallest absolute Gasteiger partial charge is 0.262 e. The Morgan fingerprint density at radius 3 is 2.69 bits per heavy atom. The van der Waals surface area contributed by atoms with Crippen molar-refractivity contribution in [2.45, 2.75) is 13.8 Å². The molecule has 0 saturated heterocycles. The minimum Gasteiger partial charge on any atom is -0.503 e. The summed E-state index contributed by atoms with van der Waals surface area (Å²) < 4.78 is 5.47. The van der Waals surface area contributed by atoms with Gasteiger partial charge in [0, 0.05) is 11.9 Å². The number of hydrogen-bond donors (Lipinski definition) is 1. The third-order valence-electron chi connectivity index (χ3n) is 2.13. The summed E-state index contributed by atoms with van der Waals surface area (Å²) in [5.41, 5.74) is 1.69. The Kier molecular flexibility index (Phi) is 2.72. The van der Waals surface area contributed by atoms with E-state index in [1.54, 1.807) is 12.3 Å². The molecule has 0 unspecified atom stereocenters. The van der Waals surface area contributed by atoms with Crippen LogP contribution in [0.15, 0.2) is 30.5 Å². The van der Waals surface area contributed by atoms with E-state index < -0.39 is 0 Å². The van der Waals surface area contributed by atoms with Crippen molar-refractivity contribution in [1.82, 2.24) is 9.97 Å². The molecule has 2 heterocycles. The van der Waals surface area contributed by atoms with Crippen LogP contribution in [0.3, 0.4) is 0 Å². The van der Waals surface area contributed by atoms with Crippen LogP contribution < -0.4 is 4.74 Å². The third kappa shape index (κ3) is 2.11. The number of nitrogens with zero attached hydrogens (tertiary/aromatic N) is 2. The Morgan fingerprint density at radius 2 is 2.00 bits per heavy atom. The van der Waals surface area contributed by atoms with Crippen LogP contribution >= 0.6 is 0 Å². The average molecular weight is 216 g/mol. The summed E-state index contributed by atoms with van der Waals surface area (Å²) in [4.78, 5) is 8.20. The van der Waals surface area contributed by atoms with Crippen molar-refractivity contribution in [1.29, 1.82) is 0 Å². The number of ether oxygens (including phenoxy) is 1. The van der Waals surface area contributed by atoms with Gasteiger partial charge in [-0.1, -0.05) is 0 Å². The number of aromatic hydroxyl groups is 1. The van der Waals surface area contributed by atoms with Gasteiger partial charge in [-0.15, -0.1) is 0 Å². The maximum atomic E-state index is 9.51. The zero-order valence-corrected chi connectivity index (χ0v) is 9.14. The summed E-state index contributed by atoms with van der Waals surface area (Å²) in [5.74, 6) is 0.804. The minimum absolute atomic E-state index is 0.0162. The summed E-state index contributed by atoms with van der Waals surface area (Å²) in [6, 6.07) is 6.83. The number of aromatic nitrogens is 2. The summed E-state index contributed by atoms with van der Waals surface area (Å²) in [6.07, 6.45) is 1.56. The highest BCUT2D eigenvalue weighted by Gasteiger charge is 2.07. The van der Waals surface area contributed by atoms with Crippen LogP contribution in [0.2, 0.25) is 0 Å². The van der Waals surface area contributed by atoms with Crippen LogP contribution in [0.5, 0.6) is 17.4 Å². The van der Waals surface area contributed by atoms with Crippen molar-refractivity contribution in [3.8, 4) is 17.4 Å². The molecule has 0 aliphatic carbocycles. The van der Waals surface area contributed by atoms with Crippen LogP contribution in [0.4, 0.5) is 0 Å². The van der Waals surface area contributed by atoms with Gasteiger partial charge < -0.3 is 9.84 Å². The summed E-state index contributed by atoms with van der Waals surface area (Å²) in [7, 11) is 0. The second-order valence-electron chi connectivity index (χ2n) is 3.47. The number of pyridine rings is 2. The first kappa shape index (κ1) is 10.4. The molecule has 0 amide bonds. The molecule has 16 heavy (non-hydrogen) atoms. The first-order valence-corrected chi connectivity index (χ1v) is 4.93. The van der Waals surface area contributed by atoms with Gasteiger partial charge in [0.05, 0.1) is 5.69 Å². The van der Waals surface area contributed by atoms with Gasteiger partial charge in [-0.2, -0.15) is 0 Å². The lowest BCUT2D eigenvalue weighted by Gasteiger charge is -2.08. The highest BCUT2D eigenvalue weighted by Crippen LogP contribution is 2.28. The summed E-state index contributed by atoms with van der Waals surface area (Å²) >= 11 is 0. The Balaban J connectivity index is 2.31. The van der Waals surface area contributed by atoms with Gasteiger partial charge in [-0.3, -0.25) is 4.98 Å². The Morgan fingerprint density at radius 1 is 1.19 bits per heavy atom. The molecule has 0 fully saturated rings. The van der Waals surface area contributed by atoms with Crippen LogP contribution in [-0.2, 0) is 0 Å². The molecule has 2 rings (SSSR count). The van der Waals surface area contributed by atoms with Crippen molar-refractivity contribution in [3.63, 3.8) is 0 Å². The zero-order valence-electron chi connectivity index (χ0n) is 9.14. The summed E-state index contributed by atoms with van der Waals surface area (Å²) in [6.45, 7) is 3.76. The van der Waals surface area contributed by atoms with E-state index in [0.29, 0.717) is 5.75 Å². The maximum Gasteiger partial charge on any atom is 0.262 e. The van der Waals surface area contributed by atoms with Gasteiger partial charge >= 0.3 is 0 Å². The molecule has 0 atom stereocenters. The molecule has 0 aromatic carbocycles. The monoisotopic (exact) mass is 216 g/mol. The highest BCUT2D eigenvalue weighted by molar-refractivity contribution is 5.37. The van der Waals surface area contributed by atoms with Crippen LogP contribution in [0.1, 0.15) is 11.4 Å². The summed E-state index contributed by atoms with van der Waals surface area (Å²) in [5, 5.41) is 9.51. The third-order valence-corrected chi connectivity index (χ3v) is 2.13. The largest absolute Gasteiger partial charge is 0.503 e. The predicted octanol–water partition coefficient (Wildman–Crippen LogP) is 2.59. The SMILES string of the molecule is Cc1ccc(Oc2ncccc2O)c(C)n1. The van der Waals surface area contributed by atoms with Gasteiger partial charge in [0.2, 0.25) is 0 Å². The Labute approximate surface area is 93.6 Å². The number of aryl methyl sites for hydroxylation is 2. The van der Waals surface area contributed by atoms with Gasteiger partial charge in [-0.05, 0) is 38.1 Å². The molecular formula is C12H12N2O2. The van der Waals surface area contributed by atoms with E-state index in [1.165, 1.54) is 6.07 Å². The van der Waals surface area contributed by atoms with E-state index in [1.807, 2.05) is 26.0 Å². The first-order valence-electron chi connectivity index (χ1n) is 4.93. The van der Waals surface area contributed by atoms with Gasteiger partial charge in [-0.25, -0.2) is 4.98 Å². The predicted molar refractivity (Wildman–Crippen MR) is 59.7 cm³/mol. The van der Waals surface area contributed by atoms with Crippen molar-refractivity contribution in [3.05, 3.63) is 41.9 Å². The molecule has 1 N–H and O–H groups in total. The topological polar surface area (TPSA) is 55.2 Å². The molecule has 0 aliphatic rings. The second kappa shape index (κ2) is 4.18. The second-order valence-corrected chi connectivity index (χ2v) is 3.47. The van der Waals surface area contributed by atoms with E-state index in [4.69, 9.17) is 4.74 Å². The standard InChI is InChI=1S/C12H12N2O2/c1-8-5-6-11(9(2)14-8)16-12-10(15)4-3-7-13-12/h3-7,15H,1-2H3. The molecule has 2 aromatic heterocycles. The van der Waals surface area contributed by atoms with Crippen LogP contribution in [0, 0.1) is 13.8 Å². The number of hydrogen-bond acceptors (Lipinski definition) is 4. The van der Waals surface area contributed by atoms with Gasteiger partial charge in [0.25, 0.3) is 5.88 Å². The van der Waals surface area contributed by atoms with Crippen molar-refractivity contribution in [2.24, 2.45) is 0 Å². The maximum absolute atomic E-state index is 9.51. The minimum atomic E-state index is 0.0162. The fourth-order valence-electron chi connectivity index (χ4n) is 1.35. The molecule has 0 bridgehead atoms. The molecule has 2 aromatic rings. The first-order chi connectivity index (χ1) is 7.66. The van der Waals surface area contributed by atoms with Crippen molar-refractivity contribution in [2.75, 3.05) is 0 Å². The fraction of sp³-hybridized carbons (Fsp3) is 0.167. The lowest BCUT2D eigenvalue weighted by atomic mass is 10.3. The molecule has 0 aliphatic heterocycles. The molecule has 0 saturated carbocycles. The van der Waals surface area contributed by atoms with E-state index in [2.05, 4.69) is 9.97 Å². The normalized spacial score (nSPS) is 10.1.